The highest BCUT2D eigenvalue weighted by molar-refractivity contribution is 7.92. The topological polar surface area (TPSA) is 75.4 Å². The fraction of sp³-hybridized carbons (Fsp3) is 0.400. The summed E-state index contributed by atoms with van der Waals surface area (Å²) in [4.78, 5) is 6.80. The first-order valence-corrected chi connectivity index (χ1v) is 8.81. The molecule has 0 spiro atoms. The Bertz CT molecular complexity index is 735. The summed E-state index contributed by atoms with van der Waals surface area (Å²) in [7, 11) is -3.62. The number of aromatic nitrogens is 1. The first kappa shape index (κ1) is 14.9. The second-order valence-electron chi connectivity index (χ2n) is 5.48. The second-order valence-corrected chi connectivity index (χ2v) is 7.16. The summed E-state index contributed by atoms with van der Waals surface area (Å²) in [6, 6.07) is 3.22. The number of anilines is 2. The average molecular weight is 321 g/mol. The maximum Gasteiger partial charge on any atom is 0.265 e. The van der Waals surface area contributed by atoms with E-state index in [1.807, 2.05) is 13.0 Å². The minimum absolute atomic E-state index is 0.102. The van der Waals surface area contributed by atoms with Crippen LogP contribution in [-0.4, -0.2) is 26.5 Å². The van der Waals surface area contributed by atoms with E-state index in [2.05, 4.69) is 14.6 Å². The van der Waals surface area contributed by atoms with Gasteiger partial charge in [-0.2, -0.15) is 0 Å². The van der Waals surface area contributed by atoms with Crippen molar-refractivity contribution in [2.75, 3.05) is 22.7 Å². The number of nitrogens with one attached hydrogen (secondary N) is 1. The van der Waals surface area contributed by atoms with Crippen molar-refractivity contribution < 1.29 is 12.8 Å². The highest BCUT2D eigenvalue weighted by atomic mass is 32.2. The van der Waals surface area contributed by atoms with E-state index < -0.39 is 10.0 Å². The Hall–Kier alpha value is -2.02. The van der Waals surface area contributed by atoms with E-state index in [1.54, 1.807) is 6.20 Å². The van der Waals surface area contributed by atoms with Gasteiger partial charge in [-0.05, 0) is 43.9 Å². The summed E-state index contributed by atoms with van der Waals surface area (Å²) >= 11 is 0. The summed E-state index contributed by atoms with van der Waals surface area (Å²) < 4.78 is 31.6. The maximum atomic E-state index is 12.2. The number of nitrogens with zero attached hydrogens (tertiary/aromatic N) is 2. The number of hydrogen-bond donors (Lipinski definition) is 1. The van der Waals surface area contributed by atoms with Gasteiger partial charge in [-0.15, -0.1) is 0 Å². The Balaban J connectivity index is 1.80. The van der Waals surface area contributed by atoms with Crippen LogP contribution in [0.3, 0.4) is 0 Å². The Morgan fingerprint density at radius 1 is 1.27 bits per heavy atom. The Morgan fingerprint density at radius 3 is 2.68 bits per heavy atom. The van der Waals surface area contributed by atoms with E-state index in [1.165, 1.54) is 37.9 Å². The van der Waals surface area contributed by atoms with Crippen molar-refractivity contribution in [2.24, 2.45) is 0 Å². The van der Waals surface area contributed by atoms with Gasteiger partial charge in [-0.3, -0.25) is 4.72 Å². The van der Waals surface area contributed by atoms with E-state index in [0.717, 1.165) is 24.5 Å². The maximum absolute atomic E-state index is 12.2. The van der Waals surface area contributed by atoms with E-state index in [4.69, 9.17) is 4.42 Å². The number of rotatable bonds is 4. The third-order valence-corrected chi connectivity index (χ3v) is 5.12. The molecular weight excluding hydrogens is 302 g/mol. The summed E-state index contributed by atoms with van der Waals surface area (Å²) in [6.07, 6.45) is 7.71. The molecule has 1 fully saturated rings. The van der Waals surface area contributed by atoms with Crippen LogP contribution < -0.4 is 9.62 Å². The molecule has 0 saturated carbocycles. The van der Waals surface area contributed by atoms with Gasteiger partial charge >= 0.3 is 0 Å². The van der Waals surface area contributed by atoms with Crippen molar-refractivity contribution in [1.29, 1.82) is 0 Å². The molecule has 3 heterocycles. The standard InChI is InChI=1S/C15H19N3O3S/c1-12-9-13(17-22(19,20)14-5-8-21-11-14)10-16-15(12)18-6-3-2-4-7-18/h5,8-11,17H,2-4,6-7H2,1H3. The van der Waals surface area contributed by atoms with Gasteiger partial charge < -0.3 is 9.32 Å². The molecule has 1 aliphatic heterocycles. The zero-order valence-electron chi connectivity index (χ0n) is 12.4. The molecule has 22 heavy (non-hydrogen) atoms. The fourth-order valence-electron chi connectivity index (χ4n) is 2.68. The zero-order chi connectivity index (χ0) is 15.6. The van der Waals surface area contributed by atoms with Gasteiger partial charge in [0.15, 0.2) is 0 Å². The first-order chi connectivity index (χ1) is 10.6. The Kier molecular flexibility index (Phi) is 4.06. The van der Waals surface area contributed by atoms with E-state index in [0.29, 0.717) is 5.69 Å². The normalized spacial score (nSPS) is 15.8. The summed E-state index contributed by atoms with van der Waals surface area (Å²) in [5.74, 6) is 0.936. The lowest BCUT2D eigenvalue weighted by molar-refractivity contribution is 0.557. The van der Waals surface area contributed by atoms with Gasteiger partial charge in [0.25, 0.3) is 10.0 Å². The molecule has 2 aromatic heterocycles. The van der Waals surface area contributed by atoms with Gasteiger partial charge in [0.2, 0.25) is 0 Å². The van der Waals surface area contributed by atoms with Crippen LogP contribution in [0.5, 0.6) is 0 Å². The summed E-state index contributed by atoms with van der Waals surface area (Å²) in [5.41, 5.74) is 1.42. The molecule has 1 aliphatic rings. The largest absolute Gasteiger partial charge is 0.471 e. The van der Waals surface area contributed by atoms with Crippen molar-refractivity contribution in [2.45, 2.75) is 31.1 Å². The molecule has 0 bridgehead atoms. The Morgan fingerprint density at radius 2 is 2.05 bits per heavy atom. The van der Waals surface area contributed by atoms with Crippen LogP contribution in [-0.2, 0) is 10.0 Å². The van der Waals surface area contributed by atoms with Crippen LogP contribution in [0.25, 0.3) is 0 Å². The first-order valence-electron chi connectivity index (χ1n) is 7.33. The number of pyridine rings is 1. The number of furan rings is 1. The SMILES string of the molecule is Cc1cc(NS(=O)(=O)c2ccoc2)cnc1N1CCCCC1. The molecule has 0 aliphatic carbocycles. The highest BCUT2D eigenvalue weighted by Crippen LogP contribution is 2.24. The molecule has 6 nitrogen and oxygen atoms in total. The molecule has 0 unspecified atom stereocenters. The Labute approximate surface area is 130 Å². The molecule has 0 aromatic carbocycles. The molecule has 118 valence electrons. The van der Waals surface area contributed by atoms with Crippen LogP contribution in [0, 0.1) is 6.92 Å². The third-order valence-electron chi connectivity index (χ3n) is 3.76. The third kappa shape index (κ3) is 3.09. The average Bonchev–Trinajstić information content (AvgIpc) is 3.03. The quantitative estimate of drug-likeness (QED) is 0.937. The van der Waals surface area contributed by atoms with Gasteiger partial charge in [0.05, 0.1) is 18.1 Å². The lowest BCUT2D eigenvalue weighted by Gasteiger charge is -2.29. The predicted octanol–water partition coefficient (Wildman–Crippen LogP) is 2.77. The number of hydrogen-bond acceptors (Lipinski definition) is 5. The van der Waals surface area contributed by atoms with Crippen LogP contribution >= 0.6 is 0 Å². The van der Waals surface area contributed by atoms with Crippen molar-refractivity contribution in [3.63, 3.8) is 0 Å². The minimum atomic E-state index is -3.62. The molecule has 7 heteroatoms. The molecule has 1 saturated heterocycles. The summed E-state index contributed by atoms with van der Waals surface area (Å²) in [6.45, 7) is 3.97. The lowest BCUT2D eigenvalue weighted by Crippen LogP contribution is -2.30. The van der Waals surface area contributed by atoms with E-state index in [9.17, 15) is 8.42 Å². The molecule has 0 radical (unpaired) electrons. The van der Waals surface area contributed by atoms with Crippen molar-refractivity contribution in [3.8, 4) is 0 Å². The molecule has 3 rings (SSSR count). The highest BCUT2D eigenvalue weighted by Gasteiger charge is 2.18. The van der Waals surface area contributed by atoms with Gasteiger partial charge in [0, 0.05) is 13.1 Å². The van der Waals surface area contributed by atoms with Crippen molar-refractivity contribution in [3.05, 3.63) is 36.4 Å². The number of sulfonamides is 1. The van der Waals surface area contributed by atoms with Crippen LogP contribution in [0.2, 0.25) is 0 Å². The molecule has 0 atom stereocenters. The predicted molar refractivity (Wildman–Crippen MR) is 84.6 cm³/mol. The van der Waals surface area contributed by atoms with Crippen LogP contribution in [0.15, 0.2) is 40.2 Å². The van der Waals surface area contributed by atoms with Crippen LogP contribution in [0.4, 0.5) is 11.5 Å². The van der Waals surface area contributed by atoms with Gasteiger partial charge in [-0.25, -0.2) is 13.4 Å². The van der Waals surface area contributed by atoms with Crippen molar-refractivity contribution in [1.82, 2.24) is 4.98 Å². The van der Waals surface area contributed by atoms with Gasteiger partial charge in [0.1, 0.15) is 17.0 Å². The van der Waals surface area contributed by atoms with E-state index >= 15 is 0 Å². The molecule has 0 amide bonds. The minimum Gasteiger partial charge on any atom is -0.471 e. The fourth-order valence-corrected chi connectivity index (χ4v) is 3.64. The zero-order valence-corrected chi connectivity index (χ0v) is 13.3. The van der Waals surface area contributed by atoms with Gasteiger partial charge in [-0.1, -0.05) is 0 Å². The lowest BCUT2D eigenvalue weighted by atomic mass is 10.1. The van der Waals surface area contributed by atoms with E-state index in [-0.39, 0.29) is 4.90 Å². The van der Waals surface area contributed by atoms with Crippen LogP contribution in [0.1, 0.15) is 24.8 Å². The molecule has 2 aromatic rings. The molecular formula is C15H19N3O3S. The number of piperidine rings is 1. The smallest absolute Gasteiger partial charge is 0.265 e. The van der Waals surface area contributed by atoms with Crippen molar-refractivity contribution >= 4 is 21.5 Å². The monoisotopic (exact) mass is 321 g/mol. The summed E-state index contributed by atoms with van der Waals surface area (Å²) in [5, 5.41) is 0. The second kappa shape index (κ2) is 6.00. The molecule has 1 N–H and O–H groups in total. The number of aryl methyl sites for hydroxylation is 1.